The molecule has 8 rings (SSSR count). The van der Waals surface area contributed by atoms with E-state index in [1.54, 1.807) is 60.7 Å². The largest absolute Gasteiger partial charge is 0.481 e. The van der Waals surface area contributed by atoms with Crippen molar-refractivity contribution < 1.29 is 58.4 Å². The fourth-order valence-corrected chi connectivity index (χ4v) is 10.1. The predicted molar refractivity (Wildman–Crippen MR) is 342 cm³/mol. The van der Waals surface area contributed by atoms with Crippen LogP contribution >= 0.6 is 0 Å². The molecule has 456 valence electrons. The number of carboxylic acids is 4. The highest BCUT2D eigenvalue weighted by Crippen LogP contribution is 2.24. The van der Waals surface area contributed by atoms with Gasteiger partial charge in [0, 0.05) is 23.5 Å². The van der Waals surface area contributed by atoms with E-state index in [1.807, 2.05) is 121 Å². The van der Waals surface area contributed by atoms with Crippen LogP contribution in [0.4, 0.5) is 21.5 Å². The van der Waals surface area contributed by atoms with Gasteiger partial charge >= 0.3 is 23.9 Å². The van der Waals surface area contributed by atoms with Gasteiger partial charge in [-0.3, -0.25) is 19.2 Å². The lowest BCUT2D eigenvalue weighted by molar-refractivity contribution is -0.139. The molecule has 88 heavy (non-hydrogen) atoms. The first-order valence-corrected chi connectivity index (χ1v) is 29.7. The van der Waals surface area contributed by atoms with Crippen molar-refractivity contribution in [2.24, 2.45) is 0 Å². The number of aryl methyl sites for hydroxylation is 7. The molecule has 0 aliphatic heterocycles. The zero-order chi connectivity index (χ0) is 62.9. The van der Waals surface area contributed by atoms with Crippen molar-refractivity contribution in [3.8, 4) is 0 Å². The lowest BCUT2D eigenvalue weighted by Crippen LogP contribution is -2.16. The highest BCUT2D eigenvalue weighted by molar-refractivity contribution is 6.05. The maximum atomic E-state index is 13.9. The van der Waals surface area contributed by atoms with E-state index in [4.69, 9.17) is 5.11 Å². The summed E-state index contributed by atoms with van der Waals surface area (Å²) in [5, 5.41) is 45.0. The minimum Gasteiger partial charge on any atom is -0.481 e. The summed E-state index contributed by atoms with van der Waals surface area (Å²) in [5.41, 5.74) is 10.2. The predicted octanol–water partition coefficient (Wildman–Crippen LogP) is 15.4. The number of amides is 3. The first-order valence-electron chi connectivity index (χ1n) is 29.7. The average Bonchev–Trinajstić information content (AvgIpc) is 3.73. The Balaban J connectivity index is 0.000000211. The number of halogens is 1. The van der Waals surface area contributed by atoms with Crippen LogP contribution in [0.15, 0.2) is 200 Å². The van der Waals surface area contributed by atoms with Gasteiger partial charge in [0.1, 0.15) is 12.2 Å². The van der Waals surface area contributed by atoms with Gasteiger partial charge in [0.15, 0.2) is 0 Å². The summed E-state index contributed by atoms with van der Waals surface area (Å²) in [4.78, 5) is 80.9. The number of aromatic carboxylic acids is 3. The summed E-state index contributed by atoms with van der Waals surface area (Å²) in [7, 11) is 0. The van der Waals surface area contributed by atoms with E-state index < -0.39 is 47.9 Å². The highest BCUT2D eigenvalue weighted by atomic mass is 19.1. The van der Waals surface area contributed by atoms with E-state index in [0.717, 1.165) is 135 Å². The van der Waals surface area contributed by atoms with Crippen molar-refractivity contribution in [3.05, 3.63) is 267 Å². The molecule has 0 saturated heterocycles. The molecule has 7 N–H and O–H groups in total. The molecule has 0 spiro atoms. The summed E-state index contributed by atoms with van der Waals surface area (Å²) in [5.74, 6) is -5.36. The first kappa shape index (κ1) is 67.1. The number of carbonyl (C=O) groups is 7. The molecule has 0 saturated carbocycles. The standard InChI is InChI=1S/C27H29NO3.C25H24FNO3.C21H23NO5/c29-26(20-19-21-11-3-1-4-12-21)28-25-18-10-8-16-23(25)15-6-2-5-13-22-14-7-9-17-24(22)27(30)31;26-22-16-8-7-15-21(22)24(28)27-23-17-9-5-13-19(23)12-3-1-2-10-18-11-4-6-14-20(18)25(29)30;23-19(14-20(24)25)22-18-13-7-5-11-16(18)10-3-1-2-8-15-9-4-6-12-17(15)21(26)27/h1,3-4,7-12,14,16-18H,2,5-6,13,15,19-20H2,(H,28,29)(H,30,31);4-9,11,13-17H,1-3,10,12H2,(H,27,28)(H,29,30);4-7,9,11-13H,1-3,8,10,14H2,(H,22,23)(H,24,25)(H,26,27). The van der Waals surface area contributed by atoms with Crippen molar-refractivity contribution in [1.29, 1.82) is 0 Å². The van der Waals surface area contributed by atoms with Crippen molar-refractivity contribution in [2.45, 2.75) is 116 Å². The molecule has 8 aromatic rings. The third-order valence-electron chi connectivity index (χ3n) is 14.7. The van der Waals surface area contributed by atoms with E-state index in [0.29, 0.717) is 47.3 Å². The quantitative estimate of drug-likeness (QED) is 0.0165. The number of para-hydroxylation sites is 3. The van der Waals surface area contributed by atoms with Crippen molar-refractivity contribution >= 4 is 58.7 Å². The van der Waals surface area contributed by atoms with Crippen LogP contribution in [-0.4, -0.2) is 62.0 Å². The van der Waals surface area contributed by atoms with Crippen LogP contribution in [0.2, 0.25) is 0 Å². The molecular weight excluding hydrogens is 1110 g/mol. The average molecular weight is 1190 g/mol. The van der Waals surface area contributed by atoms with E-state index in [1.165, 1.54) is 12.1 Å². The molecule has 0 aliphatic carbocycles. The molecular formula is C73H76FN3O11. The molecule has 0 fully saturated rings. The topological polar surface area (TPSA) is 236 Å². The number of hydrogen-bond acceptors (Lipinski definition) is 7. The Morgan fingerprint density at radius 2 is 0.614 bits per heavy atom. The number of carbonyl (C=O) groups excluding carboxylic acids is 3. The van der Waals surface area contributed by atoms with E-state index >= 15 is 0 Å². The van der Waals surface area contributed by atoms with Gasteiger partial charge in [0.2, 0.25) is 11.8 Å². The Labute approximate surface area is 513 Å². The third kappa shape index (κ3) is 23.1. The van der Waals surface area contributed by atoms with Crippen LogP contribution in [0.1, 0.15) is 151 Å². The molecule has 0 heterocycles. The SMILES string of the molecule is O=C(CCc1ccccc1)Nc1ccccc1CCCCCc1ccccc1C(=O)O.O=C(Nc1ccccc1CCCCCc1ccccc1C(=O)O)c1ccccc1F.O=C(O)CC(=O)Nc1ccccc1CCCCCc1ccccc1C(=O)O. The summed E-state index contributed by atoms with van der Waals surface area (Å²) in [6, 6.07) is 60.1. The number of rotatable bonds is 30. The molecule has 0 aliphatic rings. The number of nitrogens with one attached hydrogen (secondary N) is 3. The summed E-state index contributed by atoms with van der Waals surface area (Å²) in [6.07, 6.45) is 13.6. The van der Waals surface area contributed by atoms with Gasteiger partial charge in [0.25, 0.3) is 5.91 Å². The lowest BCUT2D eigenvalue weighted by atomic mass is 9.99. The Hall–Kier alpha value is -10.0. The zero-order valence-corrected chi connectivity index (χ0v) is 49.3. The number of benzene rings is 8. The smallest absolute Gasteiger partial charge is 0.335 e. The molecule has 14 nitrogen and oxygen atoms in total. The van der Waals surface area contributed by atoms with E-state index in [9.17, 15) is 53.3 Å². The van der Waals surface area contributed by atoms with Gasteiger partial charge < -0.3 is 36.4 Å². The van der Waals surface area contributed by atoms with Crippen molar-refractivity contribution in [3.63, 3.8) is 0 Å². The third-order valence-corrected chi connectivity index (χ3v) is 14.7. The van der Waals surface area contributed by atoms with E-state index in [2.05, 4.69) is 22.0 Å². The van der Waals surface area contributed by atoms with Gasteiger partial charge in [-0.1, -0.05) is 171 Å². The maximum absolute atomic E-state index is 13.9. The van der Waals surface area contributed by atoms with Gasteiger partial charge in [-0.2, -0.15) is 0 Å². The second kappa shape index (κ2) is 36.7. The zero-order valence-electron chi connectivity index (χ0n) is 49.3. The molecule has 0 unspecified atom stereocenters. The minimum atomic E-state index is -1.16. The summed E-state index contributed by atoms with van der Waals surface area (Å²) in [6.45, 7) is 0. The summed E-state index contributed by atoms with van der Waals surface area (Å²) >= 11 is 0. The van der Waals surface area contributed by atoms with Crippen LogP contribution in [-0.2, 0) is 59.3 Å². The maximum Gasteiger partial charge on any atom is 0.335 e. The van der Waals surface area contributed by atoms with Crippen LogP contribution in [0, 0.1) is 5.82 Å². The Kier molecular flexibility index (Phi) is 28.0. The molecule has 0 radical (unpaired) electrons. The number of hydrogen-bond donors (Lipinski definition) is 7. The number of anilines is 3. The first-order chi connectivity index (χ1) is 42.7. The fraction of sp³-hybridized carbons (Fsp3) is 0.247. The van der Waals surface area contributed by atoms with Crippen LogP contribution in [0.25, 0.3) is 0 Å². The van der Waals surface area contributed by atoms with Gasteiger partial charge in [-0.05, 0) is 171 Å². The van der Waals surface area contributed by atoms with Crippen molar-refractivity contribution in [1.82, 2.24) is 0 Å². The Morgan fingerprint density at radius 3 is 0.989 bits per heavy atom. The van der Waals surface area contributed by atoms with Crippen molar-refractivity contribution in [2.75, 3.05) is 16.0 Å². The number of aliphatic carboxylic acids is 1. The monoisotopic (exact) mass is 1190 g/mol. The Bertz CT molecular complexity index is 3590. The van der Waals surface area contributed by atoms with E-state index in [-0.39, 0.29) is 11.5 Å². The van der Waals surface area contributed by atoms with Gasteiger partial charge in [0.05, 0.1) is 22.3 Å². The molecule has 15 heteroatoms. The normalized spacial score (nSPS) is 10.5. The molecule has 3 amide bonds. The Morgan fingerprint density at radius 1 is 0.307 bits per heavy atom. The second-order valence-corrected chi connectivity index (χ2v) is 21.1. The number of carboxylic acid groups (broad SMARTS) is 4. The fourth-order valence-electron chi connectivity index (χ4n) is 10.1. The minimum absolute atomic E-state index is 0.0180. The molecule has 8 aromatic carbocycles. The molecule has 0 atom stereocenters. The van der Waals surface area contributed by atoms with Crippen LogP contribution in [0.5, 0.6) is 0 Å². The lowest BCUT2D eigenvalue weighted by Gasteiger charge is -2.12. The highest BCUT2D eigenvalue weighted by Gasteiger charge is 2.16. The molecule has 0 aromatic heterocycles. The van der Waals surface area contributed by atoms with Crippen LogP contribution in [0.3, 0.4) is 0 Å². The number of unbranched alkanes of at least 4 members (excludes halogenated alkanes) is 6. The second-order valence-electron chi connectivity index (χ2n) is 21.1. The van der Waals surface area contributed by atoms with Gasteiger partial charge in [-0.15, -0.1) is 0 Å². The van der Waals surface area contributed by atoms with Gasteiger partial charge in [-0.25, -0.2) is 18.8 Å². The van der Waals surface area contributed by atoms with Crippen LogP contribution < -0.4 is 16.0 Å². The summed E-state index contributed by atoms with van der Waals surface area (Å²) < 4.78 is 13.9. The molecule has 0 bridgehead atoms.